The van der Waals surface area contributed by atoms with Crippen molar-refractivity contribution < 1.29 is 26.4 Å². The van der Waals surface area contributed by atoms with Crippen molar-refractivity contribution in [2.24, 2.45) is 5.92 Å². The quantitative estimate of drug-likeness (QED) is 0.775. The van der Waals surface area contributed by atoms with E-state index < -0.39 is 27.1 Å². The molecule has 3 aliphatic heterocycles. The van der Waals surface area contributed by atoms with E-state index in [2.05, 4.69) is 0 Å². The van der Waals surface area contributed by atoms with Crippen LogP contribution in [0.2, 0.25) is 0 Å². The zero-order chi connectivity index (χ0) is 13.6. The standard InChI is InChI=1S/C10H14F3NO3S/c11-10(12,13)18(16,17)6-3-8-9(15)7-1-4-14(8)5-2-7/h7-8H,1-6H2. The van der Waals surface area contributed by atoms with Crippen molar-refractivity contribution in [2.45, 2.75) is 30.8 Å². The number of halogens is 3. The van der Waals surface area contributed by atoms with E-state index in [4.69, 9.17) is 0 Å². The minimum Gasteiger partial charge on any atom is -0.298 e. The van der Waals surface area contributed by atoms with Crippen LogP contribution in [-0.2, 0) is 14.6 Å². The van der Waals surface area contributed by atoms with Crippen LogP contribution in [0.1, 0.15) is 19.3 Å². The SMILES string of the molecule is O=C1C2CCN(CC2)C1CCS(=O)(=O)C(F)(F)F. The molecule has 18 heavy (non-hydrogen) atoms. The predicted octanol–water partition coefficient (Wildman–Crippen LogP) is 0.974. The maximum absolute atomic E-state index is 12.2. The number of carbonyl (C=O) groups is 1. The molecule has 0 saturated carbocycles. The Kier molecular flexibility index (Phi) is 3.44. The highest BCUT2D eigenvalue weighted by Crippen LogP contribution is 2.32. The molecule has 0 N–H and O–H groups in total. The maximum atomic E-state index is 12.2. The van der Waals surface area contributed by atoms with Crippen LogP contribution in [0, 0.1) is 5.92 Å². The average Bonchev–Trinajstić information content (AvgIpc) is 2.27. The lowest BCUT2D eigenvalue weighted by atomic mass is 9.81. The van der Waals surface area contributed by atoms with Crippen molar-refractivity contribution in [3.8, 4) is 0 Å². The summed E-state index contributed by atoms with van der Waals surface area (Å²) in [5, 5.41) is 0. The summed E-state index contributed by atoms with van der Waals surface area (Å²) in [5.74, 6) is -1.19. The van der Waals surface area contributed by atoms with Gasteiger partial charge >= 0.3 is 5.51 Å². The number of fused-ring (bicyclic) bond motifs is 3. The first-order chi connectivity index (χ1) is 8.22. The highest BCUT2D eigenvalue weighted by Gasteiger charge is 2.47. The van der Waals surface area contributed by atoms with Crippen LogP contribution < -0.4 is 0 Å². The normalized spacial score (nSPS) is 32.8. The molecule has 3 fully saturated rings. The first-order valence-corrected chi connectivity index (χ1v) is 7.44. The second-order valence-electron chi connectivity index (χ2n) is 4.78. The lowest BCUT2D eigenvalue weighted by Gasteiger charge is -2.44. The Bertz CT molecular complexity index is 438. The molecule has 4 nitrogen and oxygen atoms in total. The zero-order valence-corrected chi connectivity index (χ0v) is 10.4. The Labute approximate surface area is 103 Å². The molecule has 104 valence electrons. The van der Waals surface area contributed by atoms with E-state index >= 15 is 0 Å². The van der Waals surface area contributed by atoms with Crippen molar-refractivity contribution in [3.63, 3.8) is 0 Å². The van der Waals surface area contributed by atoms with Gasteiger partial charge in [0, 0.05) is 5.92 Å². The van der Waals surface area contributed by atoms with E-state index in [0.717, 1.165) is 12.8 Å². The molecule has 0 aromatic rings. The molecule has 0 amide bonds. The van der Waals surface area contributed by atoms with E-state index in [9.17, 15) is 26.4 Å². The van der Waals surface area contributed by atoms with E-state index in [1.807, 2.05) is 0 Å². The fraction of sp³-hybridized carbons (Fsp3) is 0.900. The van der Waals surface area contributed by atoms with Crippen LogP contribution in [0.4, 0.5) is 13.2 Å². The average molecular weight is 285 g/mol. The Morgan fingerprint density at radius 2 is 1.78 bits per heavy atom. The van der Waals surface area contributed by atoms with Gasteiger partial charge in [-0.25, -0.2) is 8.42 Å². The largest absolute Gasteiger partial charge is 0.497 e. The summed E-state index contributed by atoms with van der Waals surface area (Å²) >= 11 is 0. The summed E-state index contributed by atoms with van der Waals surface area (Å²) in [6.07, 6.45) is 1.22. The summed E-state index contributed by atoms with van der Waals surface area (Å²) in [6.45, 7) is 1.35. The highest BCUT2D eigenvalue weighted by atomic mass is 32.2. The lowest BCUT2D eigenvalue weighted by Crippen LogP contribution is -2.55. The molecule has 1 unspecified atom stereocenters. The van der Waals surface area contributed by atoms with Gasteiger partial charge in [0.25, 0.3) is 0 Å². The molecule has 3 saturated heterocycles. The number of sulfone groups is 1. The minimum absolute atomic E-state index is 0.0893. The fourth-order valence-corrected chi connectivity index (χ4v) is 3.42. The molecule has 0 aromatic heterocycles. The maximum Gasteiger partial charge on any atom is 0.497 e. The molecule has 3 rings (SSSR count). The molecule has 1 atom stereocenters. The smallest absolute Gasteiger partial charge is 0.298 e. The molecular weight excluding hydrogens is 271 g/mol. The molecule has 0 aromatic carbocycles. The molecule has 3 aliphatic rings. The van der Waals surface area contributed by atoms with Gasteiger partial charge in [0.15, 0.2) is 5.78 Å². The monoisotopic (exact) mass is 285 g/mol. The van der Waals surface area contributed by atoms with Gasteiger partial charge in [-0.2, -0.15) is 13.2 Å². The van der Waals surface area contributed by atoms with Crippen LogP contribution in [0.5, 0.6) is 0 Å². The third-order valence-electron chi connectivity index (χ3n) is 3.71. The summed E-state index contributed by atoms with van der Waals surface area (Å²) in [6, 6.07) is -0.644. The van der Waals surface area contributed by atoms with E-state index in [-0.39, 0.29) is 18.1 Å². The molecular formula is C10H14F3NO3S. The van der Waals surface area contributed by atoms with Crippen LogP contribution in [-0.4, -0.2) is 49.5 Å². The third-order valence-corrected chi connectivity index (χ3v) is 5.19. The number of hydrogen-bond acceptors (Lipinski definition) is 4. The van der Waals surface area contributed by atoms with Crippen molar-refractivity contribution in [2.75, 3.05) is 18.8 Å². The number of carbonyl (C=O) groups excluding carboxylic acids is 1. The van der Waals surface area contributed by atoms with Gasteiger partial charge in [-0.1, -0.05) is 0 Å². The number of rotatable bonds is 3. The van der Waals surface area contributed by atoms with Gasteiger partial charge in [0.2, 0.25) is 9.84 Å². The van der Waals surface area contributed by atoms with E-state index in [0.29, 0.717) is 13.1 Å². The molecule has 8 heteroatoms. The van der Waals surface area contributed by atoms with Crippen molar-refractivity contribution in [3.05, 3.63) is 0 Å². The first-order valence-electron chi connectivity index (χ1n) is 5.79. The second-order valence-corrected chi connectivity index (χ2v) is 6.88. The Balaban J connectivity index is 2.01. The summed E-state index contributed by atoms with van der Waals surface area (Å²) in [4.78, 5) is 13.6. The van der Waals surface area contributed by atoms with Crippen molar-refractivity contribution >= 4 is 15.6 Å². The van der Waals surface area contributed by atoms with Gasteiger partial charge in [-0.05, 0) is 32.4 Å². The molecule has 2 bridgehead atoms. The van der Waals surface area contributed by atoms with Gasteiger partial charge in [0.05, 0.1) is 11.8 Å². The van der Waals surface area contributed by atoms with E-state index in [1.165, 1.54) is 0 Å². The summed E-state index contributed by atoms with van der Waals surface area (Å²) in [7, 11) is -5.12. The topological polar surface area (TPSA) is 54.5 Å². The van der Waals surface area contributed by atoms with Gasteiger partial charge < -0.3 is 0 Å². The van der Waals surface area contributed by atoms with Crippen molar-refractivity contribution in [1.82, 2.24) is 4.90 Å². The number of piperidine rings is 3. The number of nitrogens with zero attached hydrogens (tertiary/aromatic N) is 1. The molecule has 0 spiro atoms. The fourth-order valence-electron chi connectivity index (χ4n) is 2.66. The van der Waals surface area contributed by atoms with Gasteiger partial charge in [0.1, 0.15) is 0 Å². The van der Waals surface area contributed by atoms with Crippen LogP contribution in [0.15, 0.2) is 0 Å². The number of Topliss-reactive ketones (excluding diaryl/α,β-unsaturated/α-hetero) is 1. The van der Waals surface area contributed by atoms with Crippen molar-refractivity contribution in [1.29, 1.82) is 0 Å². The minimum atomic E-state index is -5.22. The number of ketones is 1. The number of hydrogen-bond donors (Lipinski definition) is 0. The lowest BCUT2D eigenvalue weighted by molar-refractivity contribution is -0.137. The van der Waals surface area contributed by atoms with Crippen LogP contribution >= 0.6 is 0 Å². The highest BCUT2D eigenvalue weighted by molar-refractivity contribution is 7.92. The zero-order valence-electron chi connectivity index (χ0n) is 9.61. The van der Waals surface area contributed by atoms with Crippen LogP contribution in [0.25, 0.3) is 0 Å². The molecule has 0 aliphatic carbocycles. The van der Waals surface area contributed by atoms with Crippen LogP contribution in [0.3, 0.4) is 0 Å². The summed E-state index contributed by atoms with van der Waals surface area (Å²) < 4.78 is 58.5. The Morgan fingerprint density at radius 3 is 2.22 bits per heavy atom. The third kappa shape index (κ3) is 2.40. The Morgan fingerprint density at radius 1 is 1.22 bits per heavy atom. The van der Waals surface area contributed by atoms with Gasteiger partial charge in [-0.3, -0.25) is 9.69 Å². The Hall–Kier alpha value is -0.630. The molecule has 0 radical (unpaired) electrons. The van der Waals surface area contributed by atoms with E-state index in [1.54, 1.807) is 4.90 Å². The number of alkyl halides is 3. The predicted molar refractivity (Wildman–Crippen MR) is 57.6 cm³/mol. The molecule has 3 heterocycles. The second kappa shape index (κ2) is 4.48. The first kappa shape index (κ1) is 13.8. The van der Waals surface area contributed by atoms with Gasteiger partial charge in [-0.15, -0.1) is 0 Å². The summed E-state index contributed by atoms with van der Waals surface area (Å²) in [5.41, 5.74) is -5.22.